The van der Waals surface area contributed by atoms with E-state index >= 15 is 0 Å². The van der Waals surface area contributed by atoms with Crippen LogP contribution in [0.4, 0.5) is 11.5 Å². The molecule has 4 heterocycles. The number of anilines is 2. The van der Waals surface area contributed by atoms with Crippen LogP contribution in [-0.2, 0) is 11.3 Å². The Morgan fingerprint density at radius 1 is 1.13 bits per heavy atom. The number of aryl methyl sites for hydroxylation is 1. The zero-order valence-corrected chi connectivity index (χ0v) is 16.6. The summed E-state index contributed by atoms with van der Waals surface area (Å²) in [6.07, 6.45) is 1.55. The van der Waals surface area contributed by atoms with Crippen LogP contribution in [0.5, 0.6) is 11.5 Å². The molecule has 1 aromatic carbocycles. The van der Waals surface area contributed by atoms with E-state index in [2.05, 4.69) is 35.4 Å². The summed E-state index contributed by atoms with van der Waals surface area (Å²) >= 11 is 0. The fourth-order valence-corrected chi connectivity index (χ4v) is 3.72. The van der Waals surface area contributed by atoms with Crippen molar-refractivity contribution in [2.45, 2.75) is 13.5 Å². The number of aromatic nitrogens is 5. The SMILES string of the molecule is CCn1nnc2c(N3CCN(CC(=O)Nc4ccc5c(c4)OCO5)CC3)ncnc21. The predicted octanol–water partition coefficient (Wildman–Crippen LogP) is 0.731. The molecule has 0 spiro atoms. The zero-order valence-electron chi connectivity index (χ0n) is 16.6. The molecule has 2 aliphatic rings. The number of fused-ring (bicyclic) bond motifs is 2. The lowest BCUT2D eigenvalue weighted by Gasteiger charge is -2.34. The summed E-state index contributed by atoms with van der Waals surface area (Å²) in [7, 11) is 0. The number of amides is 1. The molecule has 5 rings (SSSR count). The Labute approximate surface area is 172 Å². The molecule has 1 saturated heterocycles. The van der Waals surface area contributed by atoms with Gasteiger partial charge in [0.1, 0.15) is 6.33 Å². The first-order valence-corrected chi connectivity index (χ1v) is 9.92. The van der Waals surface area contributed by atoms with Gasteiger partial charge in [-0.25, -0.2) is 14.6 Å². The van der Waals surface area contributed by atoms with E-state index in [1.165, 1.54) is 0 Å². The molecule has 0 unspecified atom stereocenters. The second-order valence-electron chi connectivity index (χ2n) is 7.15. The van der Waals surface area contributed by atoms with E-state index < -0.39 is 0 Å². The standard InChI is InChI=1S/C19H22N8O3/c1-2-27-19-17(23-24-27)18(20-11-21-19)26-7-5-25(6-8-26)10-16(28)22-13-3-4-14-15(9-13)30-12-29-14/h3-4,9,11H,2,5-8,10,12H2,1H3,(H,22,28). The number of ether oxygens (including phenoxy) is 2. The van der Waals surface area contributed by atoms with Gasteiger partial charge in [-0.15, -0.1) is 5.10 Å². The zero-order chi connectivity index (χ0) is 20.5. The third-order valence-electron chi connectivity index (χ3n) is 5.28. The number of hydrogen-bond donors (Lipinski definition) is 1. The van der Waals surface area contributed by atoms with Crippen LogP contribution in [0.2, 0.25) is 0 Å². The smallest absolute Gasteiger partial charge is 0.238 e. The maximum atomic E-state index is 12.5. The van der Waals surface area contributed by atoms with Crippen molar-refractivity contribution in [3.05, 3.63) is 24.5 Å². The Hall–Kier alpha value is -3.47. The summed E-state index contributed by atoms with van der Waals surface area (Å²) in [5.41, 5.74) is 2.16. The van der Waals surface area contributed by atoms with Gasteiger partial charge in [-0.1, -0.05) is 5.21 Å². The van der Waals surface area contributed by atoms with Gasteiger partial charge in [0.25, 0.3) is 0 Å². The van der Waals surface area contributed by atoms with Crippen molar-refractivity contribution in [1.29, 1.82) is 0 Å². The molecule has 30 heavy (non-hydrogen) atoms. The van der Waals surface area contributed by atoms with E-state index in [1.54, 1.807) is 23.1 Å². The number of piperazine rings is 1. The van der Waals surface area contributed by atoms with Gasteiger partial charge in [-0.05, 0) is 19.1 Å². The van der Waals surface area contributed by atoms with Gasteiger partial charge in [0.05, 0.1) is 6.54 Å². The number of carbonyl (C=O) groups is 1. The minimum atomic E-state index is -0.0577. The first kappa shape index (κ1) is 18.6. The van der Waals surface area contributed by atoms with Crippen molar-refractivity contribution in [3.8, 4) is 11.5 Å². The second-order valence-corrected chi connectivity index (χ2v) is 7.15. The summed E-state index contributed by atoms with van der Waals surface area (Å²) in [5, 5.41) is 11.3. The molecule has 1 fully saturated rings. The third-order valence-corrected chi connectivity index (χ3v) is 5.28. The second kappa shape index (κ2) is 7.75. The van der Waals surface area contributed by atoms with Crippen LogP contribution in [0.1, 0.15) is 6.92 Å². The maximum absolute atomic E-state index is 12.5. The largest absolute Gasteiger partial charge is 0.454 e. The van der Waals surface area contributed by atoms with Gasteiger partial charge in [0.15, 0.2) is 28.5 Å². The Morgan fingerprint density at radius 3 is 2.80 bits per heavy atom. The molecular weight excluding hydrogens is 388 g/mol. The van der Waals surface area contributed by atoms with Crippen LogP contribution in [0.25, 0.3) is 11.2 Å². The van der Waals surface area contributed by atoms with Crippen molar-refractivity contribution in [3.63, 3.8) is 0 Å². The van der Waals surface area contributed by atoms with Crippen LogP contribution in [0.15, 0.2) is 24.5 Å². The normalized spacial score (nSPS) is 16.2. The van der Waals surface area contributed by atoms with Crippen LogP contribution in [0, 0.1) is 0 Å². The average Bonchev–Trinajstić information content (AvgIpc) is 3.40. The minimum absolute atomic E-state index is 0.0577. The summed E-state index contributed by atoms with van der Waals surface area (Å²) in [4.78, 5) is 25.5. The molecule has 11 heteroatoms. The van der Waals surface area contributed by atoms with Gasteiger partial charge in [-0.3, -0.25) is 9.69 Å². The molecule has 2 aromatic heterocycles. The van der Waals surface area contributed by atoms with Crippen molar-refractivity contribution in [2.75, 3.05) is 49.7 Å². The highest BCUT2D eigenvalue weighted by atomic mass is 16.7. The van der Waals surface area contributed by atoms with E-state index in [0.29, 0.717) is 35.8 Å². The highest BCUT2D eigenvalue weighted by molar-refractivity contribution is 5.92. The molecule has 0 aliphatic carbocycles. The molecule has 11 nitrogen and oxygen atoms in total. The number of nitrogens with zero attached hydrogens (tertiary/aromatic N) is 7. The summed E-state index contributed by atoms with van der Waals surface area (Å²) in [5.74, 6) is 2.08. The molecule has 1 N–H and O–H groups in total. The Morgan fingerprint density at radius 2 is 1.97 bits per heavy atom. The number of carbonyl (C=O) groups excluding carboxylic acids is 1. The Bertz CT molecular complexity index is 1080. The highest BCUT2D eigenvalue weighted by Crippen LogP contribution is 2.34. The van der Waals surface area contributed by atoms with E-state index in [-0.39, 0.29) is 12.7 Å². The van der Waals surface area contributed by atoms with Gasteiger partial charge in [0.2, 0.25) is 12.7 Å². The van der Waals surface area contributed by atoms with E-state index in [9.17, 15) is 4.79 Å². The number of rotatable bonds is 5. The fourth-order valence-electron chi connectivity index (χ4n) is 3.72. The molecule has 0 radical (unpaired) electrons. The fraction of sp³-hybridized carbons (Fsp3) is 0.421. The van der Waals surface area contributed by atoms with Crippen molar-refractivity contribution < 1.29 is 14.3 Å². The van der Waals surface area contributed by atoms with Crippen molar-refractivity contribution in [2.24, 2.45) is 0 Å². The van der Waals surface area contributed by atoms with E-state index in [0.717, 1.165) is 37.6 Å². The third kappa shape index (κ3) is 3.47. The monoisotopic (exact) mass is 410 g/mol. The first-order chi connectivity index (χ1) is 14.7. The topological polar surface area (TPSA) is 111 Å². The predicted molar refractivity (Wildman–Crippen MR) is 109 cm³/mol. The number of nitrogens with one attached hydrogen (secondary N) is 1. The molecule has 156 valence electrons. The summed E-state index contributed by atoms with van der Waals surface area (Å²) in [6.45, 7) is 6.26. The van der Waals surface area contributed by atoms with Crippen molar-refractivity contribution in [1.82, 2.24) is 29.9 Å². The molecule has 2 aliphatic heterocycles. The van der Waals surface area contributed by atoms with E-state index in [4.69, 9.17) is 9.47 Å². The number of benzene rings is 1. The number of hydrogen-bond acceptors (Lipinski definition) is 9. The molecule has 0 bridgehead atoms. The molecule has 3 aromatic rings. The lowest BCUT2D eigenvalue weighted by molar-refractivity contribution is -0.117. The Kier molecular flexibility index (Phi) is 4.79. The molecular formula is C19H22N8O3. The van der Waals surface area contributed by atoms with Crippen LogP contribution in [0.3, 0.4) is 0 Å². The first-order valence-electron chi connectivity index (χ1n) is 9.92. The van der Waals surface area contributed by atoms with E-state index in [1.807, 2.05) is 13.0 Å². The minimum Gasteiger partial charge on any atom is -0.454 e. The quantitative estimate of drug-likeness (QED) is 0.651. The Balaban J connectivity index is 1.18. The van der Waals surface area contributed by atoms with Gasteiger partial charge >= 0.3 is 0 Å². The van der Waals surface area contributed by atoms with Crippen LogP contribution >= 0.6 is 0 Å². The average molecular weight is 410 g/mol. The van der Waals surface area contributed by atoms with Crippen LogP contribution < -0.4 is 19.7 Å². The van der Waals surface area contributed by atoms with Gasteiger partial charge < -0.3 is 19.7 Å². The summed E-state index contributed by atoms with van der Waals surface area (Å²) < 4.78 is 12.4. The maximum Gasteiger partial charge on any atom is 0.238 e. The van der Waals surface area contributed by atoms with Crippen molar-refractivity contribution >= 4 is 28.6 Å². The lowest BCUT2D eigenvalue weighted by atomic mass is 10.2. The van der Waals surface area contributed by atoms with Gasteiger partial charge in [-0.2, -0.15) is 0 Å². The van der Waals surface area contributed by atoms with Gasteiger partial charge in [0, 0.05) is 44.5 Å². The molecule has 0 atom stereocenters. The highest BCUT2D eigenvalue weighted by Gasteiger charge is 2.23. The summed E-state index contributed by atoms with van der Waals surface area (Å²) in [6, 6.07) is 5.39. The molecule has 0 saturated carbocycles. The lowest BCUT2D eigenvalue weighted by Crippen LogP contribution is -2.49. The van der Waals surface area contributed by atoms with Crippen LogP contribution in [-0.4, -0.2) is 75.3 Å². The molecule has 1 amide bonds.